The maximum absolute atomic E-state index is 12.9. The molecule has 1 spiro atoms. The lowest BCUT2D eigenvalue weighted by Crippen LogP contribution is -2.41. The number of rotatable bonds is 6. The van der Waals surface area contributed by atoms with Gasteiger partial charge in [0.15, 0.2) is 0 Å². The van der Waals surface area contributed by atoms with Crippen molar-refractivity contribution in [2.75, 3.05) is 26.7 Å². The van der Waals surface area contributed by atoms with Crippen LogP contribution in [-0.4, -0.2) is 60.1 Å². The standard InChI is InChI=1S/C24H27N3O4/c1-30-18-6-4-17(5-7-18)23(29)26-13-19-20-14-27(15-24(20)9-8-21(19)31-24)22(28)11-16-3-2-10-25-12-16/h2-7,10,12,19-21H,8-9,11,13-15H2,1H3,(H,26,29)/t19-,20+,21+,24+/m0/s1. The summed E-state index contributed by atoms with van der Waals surface area (Å²) in [6.45, 7) is 1.90. The highest BCUT2D eigenvalue weighted by Gasteiger charge is 2.63. The molecule has 5 rings (SSSR count). The maximum atomic E-state index is 12.9. The number of pyridine rings is 1. The third kappa shape index (κ3) is 3.67. The molecule has 2 aromatic rings. The highest BCUT2D eigenvalue weighted by molar-refractivity contribution is 5.94. The minimum Gasteiger partial charge on any atom is -0.497 e. The summed E-state index contributed by atoms with van der Waals surface area (Å²) in [6.07, 6.45) is 5.96. The van der Waals surface area contributed by atoms with E-state index >= 15 is 0 Å². The predicted molar refractivity (Wildman–Crippen MR) is 114 cm³/mol. The van der Waals surface area contributed by atoms with E-state index in [0.29, 0.717) is 31.6 Å². The average Bonchev–Trinajstić information content (AvgIpc) is 3.47. The van der Waals surface area contributed by atoms with E-state index in [1.165, 1.54) is 0 Å². The summed E-state index contributed by atoms with van der Waals surface area (Å²) in [5.74, 6) is 1.24. The Hall–Kier alpha value is -2.93. The monoisotopic (exact) mass is 421 g/mol. The summed E-state index contributed by atoms with van der Waals surface area (Å²) in [6, 6.07) is 10.9. The van der Waals surface area contributed by atoms with E-state index in [9.17, 15) is 9.59 Å². The number of aromatic nitrogens is 1. The first kappa shape index (κ1) is 20.0. The molecule has 1 aromatic carbocycles. The summed E-state index contributed by atoms with van der Waals surface area (Å²) in [4.78, 5) is 31.5. The SMILES string of the molecule is COc1ccc(C(=O)NC[C@H]2[C@H]3CN(C(=O)Cc4cccnc4)C[C@]34CC[C@H]2O4)cc1. The first-order valence-corrected chi connectivity index (χ1v) is 10.8. The van der Waals surface area contributed by atoms with Crippen LogP contribution in [0, 0.1) is 11.8 Å². The second kappa shape index (κ2) is 7.96. The second-order valence-corrected chi connectivity index (χ2v) is 8.78. The Labute approximate surface area is 181 Å². The van der Waals surface area contributed by atoms with Crippen molar-refractivity contribution in [1.29, 1.82) is 0 Å². The normalized spacial score (nSPS) is 28.4. The maximum Gasteiger partial charge on any atom is 0.251 e. The molecule has 7 heteroatoms. The lowest BCUT2D eigenvalue weighted by molar-refractivity contribution is -0.131. The van der Waals surface area contributed by atoms with Crippen molar-refractivity contribution in [3.05, 3.63) is 59.9 Å². The molecule has 0 unspecified atom stereocenters. The Morgan fingerprint density at radius 1 is 1.29 bits per heavy atom. The molecule has 7 nitrogen and oxygen atoms in total. The summed E-state index contributed by atoms with van der Waals surface area (Å²) in [5, 5.41) is 3.08. The van der Waals surface area contributed by atoms with Gasteiger partial charge in [0.05, 0.1) is 31.8 Å². The lowest BCUT2D eigenvalue weighted by atomic mass is 9.73. The zero-order valence-corrected chi connectivity index (χ0v) is 17.6. The van der Waals surface area contributed by atoms with Crippen molar-refractivity contribution >= 4 is 11.8 Å². The largest absolute Gasteiger partial charge is 0.497 e. The molecule has 162 valence electrons. The Morgan fingerprint density at radius 3 is 2.87 bits per heavy atom. The molecule has 3 fully saturated rings. The number of ether oxygens (including phenoxy) is 2. The van der Waals surface area contributed by atoms with Gasteiger partial charge in [0.25, 0.3) is 5.91 Å². The summed E-state index contributed by atoms with van der Waals surface area (Å²) in [7, 11) is 1.60. The lowest BCUT2D eigenvalue weighted by Gasteiger charge is -2.29. The number of amides is 2. The van der Waals surface area contributed by atoms with Crippen molar-refractivity contribution in [2.24, 2.45) is 11.8 Å². The Balaban J connectivity index is 1.22. The van der Waals surface area contributed by atoms with Crippen LogP contribution in [0.25, 0.3) is 0 Å². The zero-order chi connectivity index (χ0) is 21.4. The van der Waals surface area contributed by atoms with Crippen LogP contribution in [-0.2, 0) is 16.0 Å². The minimum absolute atomic E-state index is 0.0954. The van der Waals surface area contributed by atoms with Gasteiger partial charge in [0.2, 0.25) is 5.91 Å². The molecular formula is C24H27N3O4. The van der Waals surface area contributed by atoms with Gasteiger partial charge < -0.3 is 19.7 Å². The van der Waals surface area contributed by atoms with Crippen LogP contribution >= 0.6 is 0 Å². The van der Waals surface area contributed by atoms with Crippen LogP contribution in [0.15, 0.2) is 48.8 Å². The van der Waals surface area contributed by atoms with E-state index in [4.69, 9.17) is 9.47 Å². The summed E-state index contributed by atoms with van der Waals surface area (Å²) >= 11 is 0. The number of fused-ring (bicyclic) bond motifs is 1. The molecule has 4 atom stereocenters. The van der Waals surface area contributed by atoms with Crippen molar-refractivity contribution in [3.63, 3.8) is 0 Å². The minimum atomic E-state index is -0.245. The molecule has 1 aromatic heterocycles. The van der Waals surface area contributed by atoms with E-state index in [-0.39, 0.29) is 35.4 Å². The third-order valence-electron chi connectivity index (χ3n) is 7.07. The molecule has 3 saturated heterocycles. The number of hydrogen-bond acceptors (Lipinski definition) is 5. The average molecular weight is 421 g/mol. The van der Waals surface area contributed by atoms with E-state index in [0.717, 1.165) is 24.2 Å². The number of nitrogens with zero attached hydrogens (tertiary/aromatic N) is 2. The number of hydrogen-bond donors (Lipinski definition) is 1. The first-order chi connectivity index (χ1) is 15.1. The molecule has 3 aliphatic heterocycles. The van der Waals surface area contributed by atoms with E-state index < -0.39 is 0 Å². The fraction of sp³-hybridized carbons (Fsp3) is 0.458. The Morgan fingerprint density at radius 2 is 2.13 bits per heavy atom. The van der Waals surface area contributed by atoms with Gasteiger partial charge in [0.1, 0.15) is 5.75 Å². The molecule has 0 radical (unpaired) electrons. The fourth-order valence-corrected chi connectivity index (χ4v) is 5.50. The summed E-state index contributed by atoms with van der Waals surface area (Å²) < 4.78 is 11.6. The molecule has 31 heavy (non-hydrogen) atoms. The van der Waals surface area contributed by atoms with Gasteiger partial charge in [-0.1, -0.05) is 6.07 Å². The fourth-order valence-electron chi connectivity index (χ4n) is 5.50. The van der Waals surface area contributed by atoms with Crippen LogP contribution in [0.2, 0.25) is 0 Å². The molecule has 1 N–H and O–H groups in total. The predicted octanol–water partition coefficient (Wildman–Crippen LogP) is 2.07. The van der Waals surface area contributed by atoms with Crippen LogP contribution in [0.4, 0.5) is 0 Å². The Kier molecular flexibility index (Phi) is 5.14. The zero-order valence-electron chi connectivity index (χ0n) is 17.6. The first-order valence-electron chi connectivity index (χ1n) is 10.8. The number of methoxy groups -OCH3 is 1. The van der Waals surface area contributed by atoms with Crippen LogP contribution in [0.3, 0.4) is 0 Å². The number of nitrogens with one attached hydrogen (secondary N) is 1. The topological polar surface area (TPSA) is 80.8 Å². The molecule has 2 amide bonds. The quantitative estimate of drug-likeness (QED) is 0.772. The molecule has 3 aliphatic rings. The second-order valence-electron chi connectivity index (χ2n) is 8.78. The van der Waals surface area contributed by atoms with E-state index in [2.05, 4.69) is 10.3 Å². The third-order valence-corrected chi connectivity index (χ3v) is 7.07. The molecule has 0 aliphatic carbocycles. The highest BCUT2D eigenvalue weighted by Crippen LogP contribution is 2.54. The van der Waals surface area contributed by atoms with E-state index in [1.807, 2.05) is 17.0 Å². The van der Waals surface area contributed by atoms with Crippen molar-refractivity contribution in [2.45, 2.75) is 31.0 Å². The number of carbonyl (C=O) groups is 2. The van der Waals surface area contributed by atoms with Crippen LogP contribution in [0.5, 0.6) is 5.75 Å². The number of benzene rings is 1. The van der Waals surface area contributed by atoms with Crippen molar-refractivity contribution in [1.82, 2.24) is 15.2 Å². The molecule has 2 bridgehead atoms. The molecular weight excluding hydrogens is 394 g/mol. The van der Waals surface area contributed by atoms with Gasteiger partial charge >= 0.3 is 0 Å². The van der Waals surface area contributed by atoms with Gasteiger partial charge in [0, 0.05) is 42.9 Å². The van der Waals surface area contributed by atoms with E-state index in [1.54, 1.807) is 43.8 Å². The van der Waals surface area contributed by atoms with Crippen LogP contribution < -0.4 is 10.1 Å². The van der Waals surface area contributed by atoms with Gasteiger partial charge in [-0.3, -0.25) is 14.6 Å². The molecule has 0 saturated carbocycles. The molecule has 4 heterocycles. The van der Waals surface area contributed by atoms with Crippen molar-refractivity contribution in [3.8, 4) is 5.75 Å². The van der Waals surface area contributed by atoms with Gasteiger partial charge in [-0.05, 0) is 48.7 Å². The van der Waals surface area contributed by atoms with Crippen molar-refractivity contribution < 1.29 is 19.1 Å². The van der Waals surface area contributed by atoms with Crippen LogP contribution in [0.1, 0.15) is 28.8 Å². The number of likely N-dealkylation sites (tertiary alicyclic amines) is 1. The Bertz CT molecular complexity index is 965. The summed E-state index contributed by atoms with van der Waals surface area (Å²) in [5.41, 5.74) is 1.29. The number of carbonyl (C=O) groups excluding carboxylic acids is 2. The van der Waals surface area contributed by atoms with Gasteiger partial charge in [-0.25, -0.2) is 0 Å². The highest BCUT2D eigenvalue weighted by atomic mass is 16.5. The van der Waals surface area contributed by atoms with Gasteiger partial charge in [-0.2, -0.15) is 0 Å². The van der Waals surface area contributed by atoms with Gasteiger partial charge in [-0.15, -0.1) is 0 Å². The smallest absolute Gasteiger partial charge is 0.251 e.